The minimum Gasteiger partial charge on any atom is -0.361 e. The molecule has 0 aliphatic heterocycles. The van der Waals surface area contributed by atoms with Crippen LogP contribution in [0, 0.1) is 0 Å². The molecular formula is C13H18N2O. The van der Waals surface area contributed by atoms with Crippen molar-refractivity contribution in [1.82, 2.24) is 10.5 Å². The summed E-state index contributed by atoms with van der Waals surface area (Å²) in [6.45, 7) is 6.77. The Morgan fingerprint density at radius 2 is 2.06 bits per heavy atom. The zero-order chi connectivity index (χ0) is 11.6. The largest absolute Gasteiger partial charge is 0.361 e. The zero-order valence-electron chi connectivity index (χ0n) is 10.0. The number of hydrogen-bond acceptors (Lipinski definition) is 2. The highest BCUT2D eigenvalue weighted by Crippen LogP contribution is 2.16. The van der Waals surface area contributed by atoms with E-state index in [1.54, 1.807) is 0 Å². The van der Waals surface area contributed by atoms with E-state index in [0.29, 0.717) is 6.54 Å². The molecule has 0 spiro atoms. The maximum absolute atomic E-state index is 5.49. The lowest BCUT2D eigenvalue weighted by molar-refractivity contribution is -0.0756. The van der Waals surface area contributed by atoms with Gasteiger partial charge in [0.15, 0.2) is 0 Å². The normalized spacial score (nSPS) is 12.2. The minimum absolute atomic E-state index is 0.163. The first kappa shape index (κ1) is 11.2. The van der Waals surface area contributed by atoms with Gasteiger partial charge >= 0.3 is 0 Å². The van der Waals surface area contributed by atoms with Gasteiger partial charge in [-0.15, -0.1) is 0 Å². The van der Waals surface area contributed by atoms with Gasteiger partial charge in [-0.1, -0.05) is 18.2 Å². The Morgan fingerprint density at radius 3 is 2.81 bits per heavy atom. The van der Waals surface area contributed by atoms with Crippen LogP contribution in [-0.2, 0) is 11.4 Å². The van der Waals surface area contributed by atoms with Gasteiger partial charge in [-0.25, -0.2) is 0 Å². The molecule has 0 saturated carbocycles. The standard InChI is InChI=1S/C13H18N2O/c1-13(2,3)16-15-9-11-6-4-5-10-7-8-14-12(10)11/h4-8,14-15H,9H2,1-3H3. The number of fused-ring (bicyclic) bond motifs is 1. The maximum Gasteiger partial charge on any atom is 0.0813 e. The second-order valence-corrected chi connectivity index (χ2v) is 4.89. The molecule has 0 unspecified atom stereocenters. The van der Waals surface area contributed by atoms with Gasteiger partial charge in [0.1, 0.15) is 0 Å². The minimum atomic E-state index is -0.163. The lowest BCUT2D eigenvalue weighted by Gasteiger charge is -2.19. The average molecular weight is 218 g/mol. The van der Waals surface area contributed by atoms with Gasteiger partial charge in [0, 0.05) is 18.3 Å². The molecule has 0 fully saturated rings. The zero-order valence-corrected chi connectivity index (χ0v) is 10.0. The van der Waals surface area contributed by atoms with Crippen LogP contribution in [0.25, 0.3) is 10.9 Å². The number of rotatable bonds is 3. The fraction of sp³-hybridized carbons (Fsp3) is 0.385. The van der Waals surface area contributed by atoms with E-state index in [9.17, 15) is 0 Å². The Morgan fingerprint density at radius 1 is 1.25 bits per heavy atom. The second-order valence-electron chi connectivity index (χ2n) is 4.89. The molecule has 0 radical (unpaired) electrons. The fourth-order valence-corrected chi connectivity index (χ4v) is 1.63. The van der Waals surface area contributed by atoms with Crippen molar-refractivity contribution in [2.45, 2.75) is 32.9 Å². The smallest absolute Gasteiger partial charge is 0.0813 e. The topological polar surface area (TPSA) is 37.0 Å². The van der Waals surface area contributed by atoms with Gasteiger partial charge in [0.05, 0.1) is 5.60 Å². The highest BCUT2D eigenvalue weighted by molar-refractivity contribution is 5.82. The van der Waals surface area contributed by atoms with Crippen molar-refractivity contribution >= 4 is 10.9 Å². The maximum atomic E-state index is 5.49. The van der Waals surface area contributed by atoms with Crippen LogP contribution in [0.2, 0.25) is 0 Å². The van der Waals surface area contributed by atoms with Crippen molar-refractivity contribution in [3.05, 3.63) is 36.0 Å². The average Bonchev–Trinajstić information content (AvgIpc) is 2.64. The number of aromatic amines is 1. The third-order valence-electron chi connectivity index (χ3n) is 2.31. The number of para-hydroxylation sites is 1. The molecule has 86 valence electrons. The first-order chi connectivity index (χ1) is 7.56. The van der Waals surface area contributed by atoms with Crippen molar-refractivity contribution in [3.63, 3.8) is 0 Å². The van der Waals surface area contributed by atoms with Crippen molar-refractivity contribution in [1.29, 1.82) is 0 Å². The molecule has 0 aliphatic rings. The van der Waals surface area contributed by atoms with Crippen LogP contribution in [0.1, 0.15) is 26.3 Å². The van der Waals surface area contributed by atoms with Crippen LogP contribution >= 0.6 is 0 Å². The molecule has 1 aromatic carbocycles. The number of H-pyrrole nitrogens is 1. The molecule has 2 rings (SSSR count). The molecule has 2 N–H and O–H groups in total. The summed E-state index contributed by atoms with van der Waals surface area (Å²) in [4.78, 5) is 8.74. The molecule has 0 atom stereocenters. The van der Waals surface area contributed by atoms with E-state index in [-0.39, 0.29) is 5.60 Å². The molecule has 1 aromatic heterocycles. The highest BCUT2D eigenvalue weighted by atomic mass is 16.7. The number of hydroxylamine groups is 1. The van der Waals surface area contributed by atoms with E-state index in [0.717, 1.165) is 0 Å². The van der Waals surface area contributed by atoms with E-state index < -0.39 is 0 Å². The first-order valence-electron chi connectivity index (χ1n) is 5.52. The summed E-state index contributed by atoms with van der Waals surface area (Å²) in [6.07, 6.45) is 1.96. The van der Waals surface area contributed by atoms with Crippen LogP contribution in [-0.4, -0.2) is 10.6 Å². The summed E-state index contributed by atoms with van der Waals surface area (Å²) in [6, 6.07) is 8.32. The van der Waals surface area contributed by atoms with Gasteiger partial charge in [0.2, 0.25) is 0 Å². The predicted molar refractivity (Wildman–Crippen MR) is 66.0 cm³/mol. The summed E-state index contributed by atoms with van der Waals surface area (Å²) >= 11 is 0. The van der Waals surface area contributed by atoms with Gasteiger partial charge in [-0.05, 0) is 37.8 Å². The molecule has 3 nitrogen and oxygen atoms in total. The number of benzene rings is 1. The summed E-state index contributed by atoms with van der Waals surface area (Å²) < 4.78 is 0. The molecule has 0 amide bonds. The molecule has 0 bridgehead atoms. The highest BCUT2D eigenvalue weighted by Gasteiger charge is 2.10. The molecule has 1 heterocycles. The van der Waals surface area contributed by atoms with E-state index in [2.05, 4.69) is 34.7 Å². The Hall–Kier alpha value is -1.32. The molecular weight excluding hydrogens is 200 g/mol. The summed E-state index contributed by atoms with van der Waals surface area (Å²) in [5.41, 5.74) is 5.23. The van der Waals surface area contributed by atoms with E-state index >= 15 is 0 Å². The molecule has 0 saturated heterocycles. The first-order valence-corrected chi connectivity index (χ1v) is 5.52. The van der Waals surface area contributed by atoms with Crippen molar-refractivity contribution in [2.75, 3.05) is 0 Å². The lowest BCUT2D eigenvalue weighted by Crippen LogP contribution is -2.28. The fourth-order valence-electron chi connectivity index (χ4n) is 1.63. The van der Waals surface area contributed by atoms with Crippen LogP contribution in [0.3, 0.4) is 0 Å². The Kier molecular flexibility index (Phi) is 2.99. The van der Waals surface area contributed by atoms with Crippen molar-refractivity contribution in [3.8, 4) is 0 Å². The molecule has 16 heavy (non-hydrogen) atoms. The monoisotopic (exact) mass is 218 g/mol. The number of nitrogens with one attached hydrogen (secondary N) is 2. The van der Waals surface area contributed by atoms with Crippen LogP contribution in [0.5, 0.6) is 0 Å². The summed E-state index contributed by atoms with van der Waals surface area (Å²) in [5, 5.41) is 1.23. The SMILES string of the molecule is CC(C)(C)ONCc1cccc2cc[nH]c12. The van der Waals surface area contributed by atoms with Crippen LogP contribution in [0.15, 0.2) is 30.5 Å². The summed E-state index contributed by atoms with van der Waals surface area (Å²) in [7, 11) is 0. The van der Waals surface area contributed by atoms with Gasteiger partial charge in [-0.3, -0.25) is 4.84 Å². The van der Waals surface area contributed by atoms with Crippen molar-refractivity contribution < 1.29 is 4.84 Å². The Bertz CT molecular complexity index is 468. The van der Waals surface area contributed by atoms with Crippen molar-refractivity contribution in [2.24, 2.45) is 0 Å². The Balaban J connectivity index is 2.07. The third-order valence-corrected chi connectivity index (χ3v) is 2.31. The van der Waals surface area contributed by atoms with Crippen LogP contribution < -0.4 is 5.48 Å². The van der Waals surface area contributed by atoms with E-state index in [1.165, 1.54) is 16.5 Å². The second kappa shape index (κ2) is 4.28. The molecule has 2 aromatic rings. The molecule has 3 heteroatoms. The Labute approximate surface area is 95.8 Å². The van der Waals surface area contributed by atoms with Gasteiger partial charge in [0.25, 0.3) is 0 Å². The lowest BCUT2D eigenvalue weighted by atomic mass is 10.1. The van der Waals surface area contributed by atoms with Gasteiger partial charge < -0.3 is 4.98 Å². The third kappa shape index (κ3) is 2.62. The predicted octanol–water partition coefficient (Wildman–Crippen LogP) is 2.99. The summed E-state index contributed by atoms with van der Waals surface area (Å²) in [5.74, 6) is 0. The van der Waals surface area contributed by atoms with Gasteiger partial charge in [-0.2, -0.15) is 5.48 Å². The number of aromatic nitrogens is 1. The van der Waals surface area contributed by atoms with E-state index in [4.69, 9.17) is 4.84 Å². The van der Waals surface area contributed by atoms with E-state index in [1.807, 2.05) is 27.0 Å². The van der Waals surface area contributed by atoms with Crippen LogP contribution in [0.4, 0.5) is 0 Å². The quantitative estimate of drug-likeness (QED) is 0.777. The molecule has 0 aliphatic carbocycles. The number of hydrogen-bond donors (Lipinski definition) is 2.